The summed E-state index contributed by atoms with van der Waals surface area (Å²) in [6.07, 6.45) is 17.3. The van der Waals surface area contributed by atoms with E-state index >= 15 is 0 Å². The molecule has 0 spiro atoms. The highest BCUT2D eigenvalue weighted by atomic mass is 15.4. The van der Waals surface area contributed by atoms with E-state index in [0.717, 1.165) is 0 Å². The SMILES string of the molecule is [C]1N2C=CC=CC2=CN1C1CCCCC1. The topological polar surface area (TPSA) is 6.48 Å². The summed E-state index contributed by atoms with van der Waals surface area (Å²) in [7, 11) is 0. The highest BCUT2D eigenvalue weighted by Crippen LogP contribution is 2.30. The molecule has 0 saturated heterocycles. The summed E-state index contributed by atoms with van der Waals surface area (Å²) in [5.74, 6) is 0. The van der Waals surface area contributed by atoms with E-state index in [2.05, 4.69) is 47.1 Å². The molecule has 2 heterocycles. The largest absolute Gasteiger partial charge is 0.342 e. The van der Waals surface area contributed by atoms with Crippen molar-refractivity contribution in [1.29, 1.82) is 0 Å². The standard InChI is InChI=1S/C13H16N2/c1-2-6-12(7-3-1)15-10-13-8-4-5-9-14(13)11-15/h4-5,8-10,12H,1-3,6-7H2. The molecule has 78 valence electrons. The molecule has 3 aliphatic rings. The molecule has 2 aliphatic heterocycles. The first-order valence-corrected chi connectivity index (χ1v) is 5.84. The molecule has 0 aromatic carbocycles. The van der Waals surface area contributed by atoms with Gasteiger partial charge in [0.15, 0.2) is 0 Å². The highest BCUT2D eigenvalue weighted by molar-refractivity contribution is 5.32. The lowest BCUT2D eigenvalue weighted by Crippen LogP contribution is -2.30. The van der Waals surface area contributed by atoms with Crippen LogP contribution in [-0.4, -0.2) is 15.8 Å². The summed E-state index contributed by atoms with van der Waals surface area (Å²) in [4.78, 5) is 4.35. The fourth-order valence-electron chi connectivity index (χ4n) is 2.49. The summed E-state index contributed by atoms with van der Waals surface area (Å²) in [6.45, 7) is 3.40. The van der Waals surface area contributed by atoms with Gasteiger partial charge in [0.2, 0.25) is 6.67 Å². The Bertz CT molecular complexity index is 321. The van der Waals surface area contributed by atoms with Crippen LogP contribution in [0.1, 0.15) is 32.1 Å². The van der Waals surface area contributed by atoms with Crippen molar-refractivity contribution in [3.8, 4) is 0 Å². The Morgan fingerprint density at radius 3 is 2.80 bits per heavy atom. The molecule has 0 bridgehead atoms. The zero-order valence-electron chi connectivity index (χ0n) is 8.89. The van der Waals surface area contributed by atoms with Crippen LogP contribution in [0.5, 0.6) is 0 Å². The smallest absolute Gasteiger partial charge is 0.213 e. The molecular weight excluding hydrogens is 184 g/mol. The molecule has 0 atom stereocenters. The minimum atomic E-state index is 0.679. The Labute approximate surface area is 91.6 Å². The van der Waals surface area contributed by atoms with Crippen molar-refractivity contribution >= 4 is 0 Å². The molecule has 0 N–H and O–H groups in total. The van der Waals surface area contributed by atoms with Crippen molar-refractivity contribution in [2.75, 3.05) is 0 Å². The molecule has 0 unspecified atom stereocenters. The molecular formula is C13H16N2. The summed E-state index contributed by atoms with van der Waals surface area (Å²) in [6, 6.07) is 0.679. The monoisotopic (exact) mass is 200 g/mol. The fourth-order valence-corrected chi connectivity index (χ4v) is 2.49. The Balaban J connectivity index is 1.72. The Morgan fingerprint density at radius 2 is 2.00 bits per heavy atom. The average Bonchev–Trinajstić information content (AvgIpc) is 2.74. The van der Waals surface area contributed by atoms with Crippen LogP contribution in [0, 0.1) is 6.67 Å². The quantitative estimate of drug-likeness (QED) is 0.642. The third kappa shape index (κ3) is 1.69. The van der Waals surface area contributed by atoms with Crippen LogP contribution in [0.2, 0.25) is 0 Å². The van der Waals surface area contributed by atoms with Gasteiger partial charge >= 0.3 is 0 Å². The van der Waals surface area contributed by atoms with E-state index in [9.17, 15) is 0 Å². The second kappa shape index (κ2) is 3.76. The molecule has 15 heavy (non-hydrogen) atoms. The van der Waals surface area contributed by atoms with Crippen LogP contribution in [0.4, 0.5) is 0 Å². The number of hydrogen-bond acceptors (Lipinski definition) is 2. The molecule has 3 rings (SSSR count). The second-order valence-electron chi connectivity index (χ2n) is 4.42. The van der Waals surface area contributed by atoms with E-state index in [1.54, 1.807) is 0 Å². The van der Waals surface area contributed by atoms with Gasteiger partial charge in [0.05, 0.1) is 5.70 Å². The van der Waals surface area contributed by atoms with Gasteiger partial charge in [0.25, 0.3) is 0 Å². The number of nitrogens with zero attached hydrogens (tertiary/aromatic N) is 2. The first-order chi connectivity index (χ1) is 7.43. The Hall–Kier alpha value is -1.18. The van der Waals surface area contributed by atoms with Gasteiger partial charge in [-0.15, -0.1) is 0 Å². The van der Waals surface area contributed by atoms with Gasteiger partial charge in [0, 0.05) is 18.4 Å². The van der Waals surface area contributed by atoms with E-state index in [-0.39, 0.29) is 0 Å². The van der Waals surface area contributed by atoms with Gasteiger partial charge in [-0.05, 0) is 25.0 Å². The molecule has 0 aromatic rings. The number of rotatable bonds is 1. The van der Waals surface area contributed by atoms with Gasteiger partial charge in [-0.1, -0.05) is 25.3 Å². The first-order valence-electron chi connectivity index (χ1n) is 5.84. The van der Waals surface area contributed by atoms with Crippen LogP contribution in [0.15, 0.2) is 36.3 Å². The number of allylic oxidation sites excluding steroid dienone is 3. The number of hydrogen-bond donors (Lipinski definition) is 0. The van der Waals surface area contributed by atoms with Crippen molar-refractivity contribution in [3.05, 3.63) is 43.0 Å². The van der Waals surface area contributed by atoms with Gasteiger partial charge in [-0.3, -0.25) is 0 Å². The van der Waals surface area contributed by atoms with Gasteiger partial charge in [-0.25, -0.2) is 0 Å². The molecule has 2 radical (unpaired) electrons. The van der Waals surface area contributed by atoms with E-state index in [1.807, 2.05) is 0 Å². The molecule has 1 fully saturated rings. The third-order valence-electron chi connectivity index (χ3n) is 3.35. The van der Waals surface area contributed by atoms with Gasteiger partial charge < -0.3 is 9.80 Å². The lowest BCUT2D eigenvalue weighted by molar-refractivity contribution is 0.239. The molecule has 1 aliphatic carbocycles. The normalized spacial score (nSPS) is 25.7. The first kappa shape index (κ1) is 9.08. The van der Waals surface area contributed by atoms with Crippen LogP contribution >= 0.6 is 0 Å². The average molecular weight is 200 g/mol. The van der Waals surface area contributed by atoms with Crippen LogP contribution in [0.3, 0.4) is 0 Å². The lowest BCUT2D eigenvalue weighted by atomic mass is 9.95. The highest BCUT2D eigenvalue weighted by Gasteiger charge is 2.27. The van der Waals surface area contributed by atoms with Crippen LogP contribution in [-0.2, 0) is 0 Å². The van der Waals surface area contributed by atoms with Crippen molar-refractivity contribution in [1.82, 2.24) is 9.80 Å². The van der Waals surface area contributed by atoms with E-state index in [1.165, 1.54) is 37.8 Å². The lowest BCUT2D eigenvalue weighted by Gasteiger charge is -2.30. The van der Waals surface area contributed by atoms with E-state index < -0.39 is 0 Å². The Morgan fingerprint density at radius 1 is 1.13 bits per heavy atom. The molecule has 1 saturated carbocycles. The summed E-state index contributed by atoms with van der Waals surface area (Å²) in [5.41, 5.74) is 1.24. The molecule has 0 amide bonds. The predicted octanol–water partition coefficient (Wildman–Crippen LogP) is 2.86. The maximum Gasteiger partial charge on any atom is 0.213 e. The van der Waals surface area contributed by atoms with Crippen LogP contribution in [0.25, 0.3) is 0 Å². The predicted molar refractivity (Wildman–Crippen MR) is 60.2 cm³/mol. The van der Waals surface area contributed by atoms with Crippen molar-refractivity contribution in [2.24, 2.45) is 0 Å². The summed E-state index contributed by atoms with van der Waals surface area (Å²) >= 11 is 0. The van der Waals surface area contributed by atoms with Crippen LogP contribution < -0.4 is 0 Å². The minimum absolute atomic E-state index is 0.679. The van der Waals surface area contributed by atoms with Crippen molar-refractivity contribution in [2.45, 2.75) is 38.1 Å². The minimum Gasteiger partial charge on any atom is -0.342 e. The molecule has 2 heteroatoms. The molecule has 0 aromatic heterocycles. The second-order valence-corrected chi connectivity index (χ2v) is 4.42. The maximum absolute atomic E-state index is 3.40. The van der Waals surface area contributed by atoms with Gasteiger partial charge in [-0.2, -0.15) is 0 Å². The maximum atomic E-state index is 3.40. The molecule has 2 nitrogen and oxygen atoms in total. The summed E-state index contributed by atoms with van der Waals surface area (Å²) < 4.78 is 0. The number of fused-ring (bicyclic) bond motifs is 1. The fraction of sp³-hybridized carbons (Fsp3) is 0.462. The Kier molecular flexibility index (Phi) is 2.28. The van der Waals surface area contributed by atoms with E-state index in [4.69, 9.17) is 0 Å². The van der Waals surface area contributed by atoms with Crippen molar-refractivity contribution < 1.29 is 0 Å². The van der Waals surface area contributed by atoms with E-state index in [0.29, 0.717) is 6.04 Å². The zero-order valence-corrected chi connectivity index (χ0v) is 8.89. The zero-order chi connectivity index (χ0) is 10.1. The van der Waals surface area contributed by atoms with Gasteiger partial charge in [0.1, 0.15) is 0 Å². The van der Waals surface area contributed by atoms with Crippen molar-refractivity contribution in [3.63, 3.8) is 0 Å². The third-order valence-corrected chi connectivity index (χ3v) is 3.35. The summed E-state index contributed by atoms with van der Waals surface area (Å²) in [5, 5.41) is 0.